The van der Waals surface area contributed by atoms with Gasteiger partial charge in [0.1, 0.15) is 6.04 Å². The highest BCUT2D eigenvalue weighted by atomic mass is 32.2. The van der Waals surface area contributed by atoms with Gasteiger partial charge in [-0.1, -0.05) is 41.7 Å². The Labute approximate surface area is 171 Å². The molecule has 2 saturated heterocycles. The van der Waals surface area contributed by atoms with E-state index in [0.29, 0.717) is 0 Å². The zero-order valence-electron chi connectivity index (χ0n) is 15.3. The Morgan fingerprint density at radius 3 is 2.96 bits per heavy atom. The molecule has 0 saturated carbocycles. The quantitative estimate of drug-likeness (QED) is 0.664. The Bertz CT molecular complexity index is 1030. The molecule has 2 aliphatic heterocycles. The lowest BCUT2D eigenvalue weighted by Gasteiger charge is -2.15. The van der Waals surface area contributed by atoms with Gasteiger partial charge in [-0.05, 0) is 54.8 Å². The maximum Gasteiger partial charge on any atom is 0.219 e. The number of carbonyl (C=O) groups excluding carboxylic acids is 1. The van der Waals surface area contributed by atoms with Gasteiger partial charge in [0.05, 0.1) is 15.9 Å². The van der Waals surface area contributed by atoms with Crippen LogP contribution in [-0.2, 0) is 11.2 Å². The number of carbonyl (C=O) groups is 1. The molecule has 0 spiro atoms. The first-order valence-corrected chi connectivity index (χ1v) is 11.2. The molecule has 3 heterocycles. The smallest absolute Gasteiger partial charge is 0.219 e. The van der Waals surface area contributed by atoms with Crippen LogP contribution in [0.1, 0.15) is 18.4 Å². The summed E-state index contributed by atoms with van der Waals surface area (Å²) in [5.74, 6) is 0. The number of aromatic nitrogens is 1. The summed E-state index contributed by atoms with van der Waals surface area (Å²) in [6.45, 7) is 1.73. The van der Waals surface area contributed by atoms with Crippen LogP contribution < -0.4 is 5.32 Å². The van der Waals surface area contributed by atoms with Crippen molar-refractivity contribution < 1.29 is 4.79 Å². The second-order valence-electron chi connectivity index (χ2n) is 6.96. The third kappa shape index (κ3) is 3.40. The van der Waals surface area contributed by atoms with E-state index in [-0.39, 0.29) is 11.2 Å². The largest absolute Gasteiger partial charge is 0.361 e. The molecule has 0 aliphatic carbocycles. The summed E-state index contributed by atoms with van der Waals surface area (Å²) in [5, 5.41) is 5.48. The van der Waals surface area contributed by atoms with Crippen molar-refractivity contribution in [2.75, 3.05) is 18.4 Å². The van der Waals surface area contributed by atoms with Crippen LogP contribution in [-0.4, -0.2) is 39.3 Å². The lowest BCUT2D eigenvalue weighted by atomic mass is 10.1. The summed E-state index contributed by atoms with van der Waals surface area (Å²) in [4.78, 5) is 23.8. The van der Waals surface area contributed by atoms with E-state index in [2.05, 4.69) is 27.3 Å². The average molecular weight is 409 g/mol. The van der Waals surface area contributed by atoms with Gasteiger partial charge in [-0.2, -0.15) is 0 Å². The molecule has 5 nitrogen and oxygen atoms in total. The third-order valence-electron chi connectivity index (χ3n) is 5.13. The maximum absolute atomic E-state index is 12.2. The summed E-state index contributed by atoms with van der Waals surface area (Å²) in [6.07, 6.45) is 2.88. The minimum Gasteiger partial charge on any atom is -0.361 e. The molecule has 1 atom stereocenters. The van der Waals surface area contributed by atoms with Crippen molar-refractivity contribution in [2.45, 2.75) is 25.3 Å². The fourth-order valence-corrected chi connectivity index (χ4v) is 5.66. The van der Waals surface area contributed by atoms with Crippen molar-refractivity contribution in [3.63, 3.8) is 0 Å². The zero-order valence-corrected chi connectivity index (χ0v) is 16.9. The number of hydrogen-bond acceptors (Lipinski definition) is 6. The molecule has 5 rings (SSSR count). The van der Waals surface area contributed by atoms with Gasteiger partial charge in [-0.3, -0.25) is 4.79 Å². The number of aliphatic imine (C=N–C) groups is 1. The molecule has 2 fully saturated rings. The highest BCUT2D eigenvalue weighted by Crippen LogP contribution is 2.35. The number of hydrogen-bond donors (Lipinski definition) is 1. The molecular weight excluding hydrogens is 388 g/mol. The summed E-state index contributed by atoms with van der Waals surface area (Å²) in [5.41, 5.74) is 3.17. The van der Waals surface area contributed by atoms with Crippen molar-refractivity contribution in [1.82, 2.24) is 9.88 Å². The Morgan fingerprint density at radius 2 is 2.04 bits per heavy atom. The number of nitrogens with one attached hydrogen (secondary N) is 1. The van der Waals surface area contributed by atoms with Gasteiger partial charge in [0.15, 0.2) is 10.3 Å². The first-order valence-electron chi connectivity index (χ1n) is 9.52. The van der Waals surface area contributed by atoms with Crippen LogP contribution in [0.2, 0.25) is 0 Å². The van der Waals surface area contributed by atoms with Gasteiger partial charge in [0.2, 0.25) is 5.12 Å². The standard InChI is InChI=1S/C21H20N4OS2/c26-19-17-9-5-13-25(17)21(28-19)24-15-7-2-1-6-14(15)11-12-22-20-23-16-8-3-4-10-18(16)27-20/h1-4,6-8,10,17H,5,9,11-13H2,(H,22,23)/b24-21+/t17-/m0/s1. The van der Waals surface area contributed by atoms with Crippen LogP contribution in [0.5, 0.6) is 0 Å². The van der Waals surface area contributed by atoms with E-state index in [1.165, 1.54) is 22.0 Å². The van der Waals surface area contributed by atoms with Gasteiger partial charge in [0.25, 0.3) is 0 Å². The minimum atomic E-state index is 0.0385. The van der Waals surface area contributed by atoms with Gasteiger partial charge in [0, 0.05) is 13.1 Å². The average Bonchev–Trinajstić information content (AvgIpc) is 3.40. The van der Waals surface area contributed by atoms with E-state index in [4.69, 9.17) is 4.99 Å². The number of thioether (sulfide) groups is 1. The van der Waals surface area contributed by atoms with Crippen LogP contribution in [0, 0.1) is 0 Å². The minimum absolute atomic E-state index is 0.0385. The van der Waals surface area contributed by atoms with Crippen LogP contribution in [0.4, 0.5) is 10.8 Å². The first-order chi connectivity index (χ1) is 13.8. The molecule has 28 heavy (non-hydrogen) atoms. The summed E-state index contributed by atoms with van der Waals surface area (Å²) in [7, 11) is 0. The van der Waals surface area contributed by atoms with Crippen LogP contribution in [0.25, 0.3) is 10.2 Å². The predicted octanol–water partition coefficient (Wildman–Crippen LogP) is 4.68. The Morgan fingerprint density at radius 1 is 1.18 bits per heavy atom. The summed E-state index contributed by atoms with van der Waals surface area (Å²) >= 11 is 2.97. The van der Waals surface area contributed by atoms with E-state index in [9.17, 15) is 4.79 Å². The summed E-state index contributed by atoms with van der Waals surface area (Å²) < 4.78 is 1.19. The third-order valence-corrected chi connectivity index (χ3v) is 7.11. The predicted molar refractivity (Wildman–Crippen MR) is 118 cm³/mol. The molecule has 7 heteroatoms. The van der Waals surface area contributed by atoms with Gasteiger partial charge in [-0.15, -0.1) is 0 Å². The van der Waals surface area contributed by atoms with E-state index in [1.807, 2.05) is 36.4 Å². The Balaban J connectivity index is 1.30. The first kappa shape index (κ1) is 17.7. The van der Waals surface area contributed by atoms with Crippen molar-refractivity contribution in [2.24, 2.45) is 4.99 Å². The second-order valence-corrected chi connectivity index (χ2v) is 8.96. The molecular formula is C21H20N4OS2. The van der Waals surface area contributed by atoms with Crippen LogP contribution in [0.3, 0.4) is 0 Å². The van der Waals surface area contributed by atoms with Crippen molar-refractivity contribution in [3.05, 3.63) is 54.1 Å². The van der Waals surface area contributed by atoms with Crippen LogP contribution >= 0.6 is 23.1 Å². The number of anilines is 1. The number of para-hydroxylation sites is 2. The highest BCUT2D eigenvalue weighted by Gasteiger charge is 2.41. The molecule has 0 bridgehead atoms. The Hall–Kier alpha value is -2.38. The molecule has 3 aromatic rings. The molecule has 1 N–H and O–H groups in total. The highest BCUT2D eigenvalue weighted by molar-refractivity contribution is 8.26. The number of fused-ring (bicyclic) bond motifs is 2. The van der Waals surface area contributed by atoms with Gasteiger partial charge >= 0.3 is 0 Å². The molecule has 1 aromatic heterocycles. The number of amidine groups is 1. The van der Waals surface area contributed by atoms with Gasteiger partial charge < -0.3 is 10.2 Å². The number of benzene rings is 2. The zero-order chi connectivity index (χ0) is 18.9. The van der Waals surface area contributed by atoms with Crippen molar-refractivity contribution in [1.29, 1.82) is 0 Å². The topological polar surface area (TPSA) is 57.6 Å². The normalized spacial score (nSPS) is 20.3. The lowest BCUT2D eigenvalue weighted by Crippen LogP contribution is -2.29. The molecule has 142 valence electrons. The number of rotatable bonds is 5. The maximum atomic E-state index is 12.2. The number of thiazole rings is 1. The van der Waals surface area contributed by atoms with Crippen molar-refractivity contribution >= 4 is 54.4 Å². The fraction of sp³-hybridized carbons (Fsp3) is 0.286. The molecule has 2 aliphatic rings. The van der Waals surface area contributed by atoms with E-state index in [0.717, 1.165) is 53.9 Å². The molecule has 0 radical (unpaired) electrons. The fourth-order valence-electron chi connectivity index (χ4n) is 3.73. The molecule has 0 amide bonds. The lowest BCUT2D eigenvalue weighted by molar-refractivity contribution is -0.113. The Kier molecular flexibility index (Phi) is 4.78. The van der Waals surface area contributed by atoms with E-state index in [1.54, 1.807) is 11.3 Å². The second kappa shape index (κ2) is 7.56. The van der Waals surface area contributed by atoms with E-state index < -0.39 is 0 Å². The summed E-state index contributed by atoms with van der Waals surface area (Å²) in [6, 6.07) is 16.4. The molecule has 2 aromatic carbocycles. The van der Waals surface area contributed by atoms with Crippen LogP contribution in [0.15, 0.2) is 53.5 Å². The van der Waals surface area contributed by atoms with Crippen molar-refractivity contribution in [3.8, 4) is 0 Å². The SMILES string of the molecule is O=C1S/C(=N/c2ccccc2CCNc2nc3ccccc3s2)N2CCC[C@@H]12. The number of nitrogens with zero attached hydrogens (tertiary/aromatic N) is 3. The molecule has 0 unspecified atom stereocenters. The van der Waals surface area contributed by atoms with Gasteiger partial charge in [-0.25, -0.2) is 9.98 Å². The monoisotopic (exact) mass is 408 g/mol. The van der Waals surface area contributed by atoms with E-state index >= 15 is 0 Å².